The molecule has 0 aromatic carbocycles. The van der Waals surface area contributed by atoms with Crippen LogP contribution < -0.4 is 5.32 Å². The maximum absolute atomic E-state index is 12.9. The van der Waals surface area contributed by atoms with Crippen LogP contribution in [0.4, 0.5) is 38.0 Å². The normalized spacial score (nSPS) is 16.8. The number of carboxylic acids is 2. The Balaban J connectivity index is 0.000000421. The van der Waals surface area contributed by atoms with E-state index in [0.717, 1.165) is 51.9 Å². The number of aromatic nitrogens is 2. The molecule has 0 radical (unpaired) electrons. The van der Waals surface area contributed by atoms with Crippen molar-refractivity contribution < 1.29 is 55.7 Å². The fourth-order valence-corrected chi connectivity index (χ4v) is 4.37. The van der Waals surface area contributed by atoms with E-state index in [1.165, 1.54) is 0 Å². The van der Waals surface area contributed by atoms with Gasteiger partial charge in [-0.2, -0.15) is 26.3 Å². The quantitative estimate of drug-likeness (QED) is 0.299. The summed E-state index contributed by atoms with van der Waals surface area (Å²) in [5, 5.41) is 17.4. The van der Waals surface area contributed by atoms with Gasteiger partial charge in [0, 0.05) is 11.8 Å². The van der Waals surface area contributed by atoms with Gasteiger partial charge in [-0.1, -0.05) is 12.1 Å². The van der Waals surface area contributed by atoms with Crippen molar-refractivity contribution in [3.05, 3.63) is 47.8 Å². The molecule has 2 aromatic rings. The molecular formula is C28H33F6N5O6. The molecule has 11 nitrogen and oxygen atoms in total. The first-order valence-corrected chi connectivity index (χ1v) is 13.6. The van der Waals surface area contributed by atoms with Crippen LogP contribution in [0.3, 0.4) is 0 Å². The van der Waals surface area contributed by atoms with E-state index >= 15 is 0 Å². The van der Waals surface area contributed by atoms with Crippen LogP contribution in [0.1, 0.15) is 46.7 Å². The van der Waals surface area contributed by atoms with Gasteiger partial charge in [-0.15, -0.1) is 0 Å². The molecule has 0 amide bonds. The monoisotopic (exact) mass is 649 g/mol. The first-order chi connectivity index (χ1) is 20.9. The first kappa shape index (κ1) is 37.1. The minimum absolute atomic E-state index is 0.0348. The second-order valence-electron chi connectivity index (χ2n) is 10.4. The predicted molar refractivity (Wildman–Crippen MR) is 148 cm³/mol. The topological polar surface area (TPSA) is 153 Å². The first-order valence-electron chi connectivity index (χ1n) is 13.6. The molecule has 3 N–H and O–H groups in total. The van der Waals surface area contributed by atoms with Gasteiger partial charge in [0.1, 0.15) is 23.0 Å². The summed E-state index contributed by atoms with van der Waals surface area (Å²) >= 11 is 0. The Labute approximate surface area is 254 Å². The third-order valence-corrected chi connectivity index (χ3v) is 6.92. The molecule has 4 rings (SSSR count). The van der Waals surface area contributed by atoms with Crippen molar-refractivity contribution in [3.8, 4) is 0 Å². The Morgan fingerprint density at radius 2 is 0.956 bits per heavy atom. The third kappa shape index (κ3) is 12.4. The molecule has 45 heavy (non-hydrogen) atoms. The number of hydrogen-bond acceptors (Lipinski definition) is 9. The number of pyridine rings is 2. The fourth-order valence-electron chi connectivity index (χ4n) is 4.37. The molecule has 0 bridgehead atoms. The maximum atomic E-state index is 12.9. The Kier molecular flexibility index (Phi) is 13.4. The van der Waals surface area contributed by atoms with Gasteiger partial charge in [-0.25, -0.2) is 19.6 Å². The Morgan fingerprint density at radius 1 is 0.667 bits per heavy atom. The predicted octanol–water partition coefficient (Wildman–Crippen LogP) is 4.54. The number of halogens is 6. The molecule has 0 aliphatic carbocycles. The smallest absolute Gasteiger partial charge is 0.475 e. The zero-order valence-electron chi connectivity index (χ0n) is 24.4. The molecule has 2 aliphatic rings. The minimum Gasteiger partial charge on any atom is -0.475 e. The summed E-state index contributed by atoms with van der Waals surface area (Å²) in [5.41, 5.74) is 0.969. The summed E-state index contributed by atoms with van der Waals surface area (Å²) in [6, 6.07) is 10.9. The standard InChI is InChI=1S/C24H31N5O2.2C2HF3O2/c1-28-13-9-17(10-14-28)23(30)19-5-3-7-21(25-19)27-22-8-4-6-20(26-22)24(31)18-11-15-29(2)16-12-18;2*3-2(4,5)1(6)7/h3-8,17-18H,9-16H2,1-2H3,(H,25,26,27);2*(H,6,7). The summed E-state index contributed by atoms with van der Waals surface area (Å²) in [5.74, 6) is -4.10. The van der Waals surface area contributed by atoms with Crippen LogP contribution in [0.2, 0.25) is 0 Å². The number of anilines is 2. The van der Waals surface area contributed by atoms with Crippen LogP contribution in [-0.4, -0.2) is 106 Å². The number of hydrogen-bond donors (Lipinski definition) is 3. The van der Waals surface area contributed by atoms with Crippen LogP contribution >= 0.6 is 0 Å². The molecule has 2 fully saturated rings. The zero-order valence-corrected chi connectivity index (χ0v) is 24.4. The molecule has 2 saturated heterocycles. The van der Waals surface area contributed by atoms with Gasteiger partial charge in [0.2, 0.25) is 0 Å². The molecule has 248 valence electrons. The average molecular weight is 650 g/mol. The van der Waals surface area contributed by atoms with Crippen LogP contribution in [0, 0.1) is 11.8 Å². The number of likely N-dealkylation sites (tertiary alicyclic amines) is 2. The highest BCUT2D eigenvalue weighted by atomic mass is 19.4. The molecule has 4 heterocycles. The van der Waals surface area contributed by atoms with Crippen LogP contribution in [0.15, 0.2) is 36.4 Å². The number of rotatable bonds is 6. The molecule has 0 atom stereocenters. The number of alkyl halides is 6. The van der Waals surface area contributed by atoms with Crippen molar-refractivity contribution in [2.24, 2.45) is 11.8 Å². The van der Waals surface area contributed by atoms with E-state index in [2.05, 4.69) is 39.2 Å². The number of carbonyl (C=O) groups is 4. The minimum atomic E-state index is -5.08. The van der Waals surface area contributed by atoms with Crippen LogP contribution in [0.25, 0.3) is 0 Å². The van der Waals surface area contributed by atoms with Crippen LogP contribution in [-0.2, 0) is 9.59 Å². The van der Waals surface area contributed by atoms with Gasteiger partial charge in [-0.05, 0) is 90.2 Å². The van der Waals surface area contributed by atoms with Crippen molar-refractivity contribution in [2.75, 3.05) is 45.6 Å². The van der Waals surface area contributed by atoms with Gasteiger partial charge >= 0.3 is 24.3 Å². The molecule has 0 spiro atoms. The second kappa shape index (κ2) is 16.3. The number of ketones is 2. The summed E-state index contributed by atoms with van der Waals surface area (Å²) in [6.07, 6.45) is -6.68. The summed E-state index contributed by atoms with van der Waals surface area (Å²) in [6.45, 7) is 3.76. The van der Waals surface area contributed by atoms with Crippen molar-refractivity contribution in [2.45, 2.75) is 38.0 Å². The highest BCUT2D eigenvalue weighted by Crippen LogP contribution is 2.23. The third-order valence-electron chi connectivity index (χ3n) is 6.92. The van der Waals surface area contributed by atoms with Crippen molar-refractivity contribution >= 4 is 35.1 Å². The number of aliphatic carboxylic acids is 2. The SMILES string of the molecule is CN1CCC(C(=O)c2cccc(Nc3cccc(C(=O)C4CCN(C)CC4)n3)n2)CC1.O=C(O)C(F)(F)F.O=C(O)C(F)(F)F. The summed E-state index contributed by atoms with van der Waals surface area (Å²) < 4.78 is 63.5. The number of piperidine rings is 2. The van der Waals surface area contributed by atoms with E-state index < -0.39 is 24.3 Å². The highest BCUT2D eigenvalue weighted by molar-refractivity contribution is 5.97. The van der Waals surface area contributed by atoms with Gasteiger partial charge in [-0.3, -0.25) is 9.59 Å². The van der Waals surface area contributed by atoms with Crippen molar-refractivity contribution in [1.82, 2.24) is 19.8 Å². The van der Waals surface area contributed by atoms with E-state index in [9.17, 15) is 35.9 Å². The Morgan fingerprint density at radius 3 is 1.22 bits per heavy atom. The van der Waals surface area contributed by atoms with Gasteiger partial charge < -0.3 is 25.3 Å². The molecule has 17 heteroatoms. The number of carbonyl (C=O) groups excluding carboxylic acids is 2. The van der Waals surface area contributed by atoms with E-state index in [4.69, 9.17) is 19.8 Å². The number of nitrogens with zero attached hydrogens (tertiary/aromatic N) is 4. The van der Waals surface area contributed by atoms with E-state index in [1.807, 2.05) is 24.3 Å². The van der Waals surface area contributed by atoms with Gasteiger partial charge in [0.05, 0.1) is 0 Å². The lowest BCUT2D eigenvalue weighted by Crippen LogP contribution is -2.34. The average Bonchev–Trinajstić information content (AvgIpc) is 2.97. The van der Waals surface area contributed by atoms with Crippen molar-refractivity contribution in [3.63, 3.8) is 0 Å². The van der Waals surface area contributed by atoms with E-state index in [-0.39, 0.29) is 23.4 Å². The summed E-state index contributed by atoms with van der Waals surface area (Å²) in [4.78, 5) is 57.1. The van der Waals surface area contributed by atoms with Crippen LogP contribution in [0.5, 0.6) is 0 Å². The molecular weight excluding hydrogens is 616 g/mol. The van der Waals surface area contributed by atoms with Crippen molar-refractivity contribution in [1.29, 1.82) is 0 Å². The fraction of sp³-hybridized carbons (Fsp3) is 0.500. The highest BCUT2D eigenvalue weighted by Gasteiger charge is 2.39. The van der Waals surface area contributed by atoms with Gasteiger partial charge in [0.15, 0.2) is 11.6 Å². The largest absolute Gasteiger partial charge is 0.490 e. The lowest BCUT2D eigenvalue weighted by molar-refractivity contribution is -0.193. The lowest BCUT2D eigenvalue weighted by atomic mass is 9.91. The number of carboxylic acid groups (broad SMARTS) is 2. The molecule has 2 aliphatic heterocycles. The molecule has 2 aromatic heterocycles. The Bertz CT molecular complexity index is 1220. The number of Topliss-reactive ketones (excluding diaryl/α,β-unsaturated/α-hetero) is 2. The zero-order chi connectivity index (χ0) is 33.9. The Hall–Kier alpha value is -4.12. The second-order valence-corrected chi connectivity index (χ2v) is 10.4. The lowest BCUT2D eigenvalue weighted by Gasteiger charge is -2.27. The van der Waals surface area contributed by atoms with E-state index in [0.29, 0.717) is 23.0 Å². The number of nitrogens with one attached hydrogen (secondary N) is 1. The van der Waals surface area contributed by atoms with E-state index in [1.54, 1.807) is 12.1 Å². The molecule has 0 saturated carbocycles. The maximum Gasteiger partial charge on any atom is 0.490 e. The molecule has 0 unspecified atom stereocenters. The van der Waals surface area contributed by atoms with Gasteiger partial charge in [0.25, 0.3) is 0 Å². The summed E-state index contributed by atoms with van der Waals surface area (Å²) in [7, 11) is 4.17.